The lowest BCUT2D eigenvalue weighted by molar-refractivity contribution is 0.966. The lowest BCUT2D eigenvalue weighted by Gasteiger charge is -2.15. The van der Waals surface area contributed by atoms with Gasteiger partial charge in [-0.1, -0.05) is 121 Å². The third-order valence-electron chi connectivity index (χ3n) is 12.3. The van der Waals surface area contributed by atoms with Gasteiger partial charge >= 0.3 is 0 Å². The molecule has 0 radical (unpaired) electrons. The molecule has 58 heavy (non-hydrogen) atoms. The summed E-state index contributed by atoms with van der Waals surface area (Å²) in [6.07, 6.45) is 8.40. The molecule has 6 nitrogen and oxygen atoms in total. The summed E-state index contributed by atoms with van der Waals surface area (Å²) in [5.74, 6) is 1.63. The number of para-hydroxylation sites is 5. The van der Waals surface area contributed by atoms with Crippen LogP contribution in [-0.2, 0) is 6.42 Å². The summed E-state index contributed by atoms with van der Waals surface area (Å²) in [7, 11) is 0. The van der Waals surface area contributed by atoms with E-state index in [0.717, 1.165) is 63.4 Å². The van der Waals surface area contributed by atoms with Crippen molar-refractivity contribution in [2.75, 3.05) is 0 Å². The summed E-state index contributed by atoms with van der Waals surface area (Å²) in [5, 5.41) is 8.47. The number of hydrogen-bond donors (Lipinski definition) is 0. The Bertz CT molecular complexity index is 3670. The zero-order valence-electron chi connectivity index (χ0n) is 31.4. The summed E-state index contributed by atoms with van der Waals surface area (Å²) in [6.45, 7) is 0. The molecule has 13 rings (SSSR count). The summed E-state index contributed by atoms with van der Waals surface area (Å²) in [4.78, 5) is 10.2. The molecule has 0 saturated carbocycles. The number of benzene rings is 7. The van der Waals surface area contributed by atoms with Gasteiger partial charge in [-0.2, -0.15) is 0 Å². The zero-order chi connectivity index (χ0) is 37.9. The molecule has 5 aromatic heterocycles. The van der Waals surface area contributed by atoms with Crippen LogP contribution in [-0.4, -0.2) is 28.2 Å². The molecule has 1 aliphatic rings. The van der Waals surface area contributed by atoms with Crippen LogP contribution < -0.4 is 0 Å². The van der Waals surface area contributed by atoms with Crippen LogP contribution in [0.1, 0.15) is 17.7 Å². The molecule has 7 aromatic carbocycles. The van der Waals surface area contributed by atoms with Crippen LogP contribution in [0.5, 0.6) is 0 Å². The van der Waals surface area contributed by atoms with Crippen LogP contribution in [0, 0.1) is 0 Å². The van der Waals surface area contributed by atoms with Crippen LogP contribution in [0.4, 0.5) is 0 Å². The molecule has 0 unspecified atom stereocenters. The fourth-order valence-corrected chi connectivity index (χ4v) is 10.0. The van der Waals surface area contributed by atoms with Gasteiger partial charge < -0.3 is 9.13 Å². The lowest BCUT2D eigenvalue weighted by atomic mass is 10.00. The van der Waals surface area contributed by atoms with Crippen molar-refractivity contribution in [2.45, 2.75) is 12.8 Å². The van der Waals surface area contributed by atoms with Crippen LogP contribution in [0.25, 0.3) is 105 Å². The predicted molar refractivity (Wildman–Crippen MR) is 239 cm³/mol. The van der Waals surface area contributed by atoms with Gasteiger partial charge in [0.05, 0.1) is 38.6 Å². The molecule has 1 aliphatic carbocycles. The third kappa shape index (κ3) is 4.21. The number of fused-ring (bicyclic) bond motifs is 14. The second-order valence-electron chi connectivity index (χ2n) is 15.3. The van der Waals surface area contributed by atoms with Gasteiger partial charge in [0, 0.05) is 60.8 Å². The smallest absolute Gasteiger partial charge is 0.143 e. The van der Waals surface area contributed by atoms with Gasteiger partial charge in [0.25, 0.3) is 0 Å². The zero-order valence-corrected chi connectivity index (χ0v) is 31.4. The van der Waals surface area contributed by atoms with E-state index in [1.807, 2.05) is 0 Å². The fourth-order valence-electron chi connectivity index (χ4n) is 10.0. The summed E-state index contributed by atoms with van der Waals surface area (Å²) >= 11 is 0. The van der Waals surface area contributed by atoms with E-state index in [4.69, 9.17) is 9.97 Å². The summed E-state index contributed by atoms with van der Waals surface area (Å²) in [6, 6.07) is 59.1. The van der Waals surface area contributed by atoms with Gasteiger partial charge in [0.15, 0.2) is 0 Å². The normalized spacial score (nSPS) is 13.0. The molecule has 12 aromatic rings. The second kappa shape index (κ2) is 11.9. The van der Waals surface area contributed by atoms with Crippen molar-refractivity contribution < 1.29 is 0 Å². The number of hydrogen-bond acceptors (Lipinski definition) is 2. The predicted octanol–water partition coefficient (Wildman–Crippen LogP) is 12.7. The number of aryl methyl sites for hydroxylation is 1. The quantitative estimate of drug-likeness (QED) is 0.180. The maximum atomic E-state index is 5.12. The first-order chi connectivity index (χ1) is 28.8. The van der Waals surface area contributed by atoms with Crippen molar-refractivity contribution in [2.24, 2.45) is 0 Å². The van der Waals surface area contributed by atoms with E-state index in [-0.39, 0.29) is 0 Å². The van der Waals surface area contributed by atoms with E-state index in [0.29, 0.717) is 0 Å². The van der Waals surface area contributed by atoms with Crippen LogP contribution in [0.2, 0.25) is 0 Å². The molecule has 0 N–H and O–H groups in total. The van der Waals surface area contributed by atoms with Gasteiger partial charge in [0.2, 0.25) is 0 Å². The fraction of sp³-hybridized carbons (Fsp3) is 0.0385. The monoisotopic (exact) mass is 742 g/mol. The Morgan fingerprint density at radius 1 is 0.379 bits per heavy atom. The Balaban J connectivity index is 1.16. The van der Waals surface area contributed by atoms with E-state index in [2.05, 4.69) is 194 Å². The van der Waals surface area contributed by atoms with Crippen molar-refractivity contribution >= 4 is 82.4 Å². The molecule has 0 saturated heterocycles. The Morgan fingerprint density at radius 3 is 1.36 bits per heavy atom. The second-order valence-corrected chi connectivity index (χ2v) is 15.3. The number of allylic oxidation sites excluding steroid dienone is 1. The van der Waals surface area contributed by atoms with Crippen molar-refractivity contribution in [3.05, 3.63) is 187 Å². The van der Waals surface area contributed by atoms with Gasteiger partial charge in [-0.05, 0) is 66.9 Å². The van der Waals surface area contributed by atoms with E-state index < -0.39 is 0 Å². The standard InChI is InChI=1S/C52H34N6/c1-3-15-33(16-4-1)55-43-23-11-7-19-35(43)39-27-29-41-37-21-9-13-25-45(37)57(51(41)49(39)55)47-31-48(54-32-53-47)58-46-26-14-10-22-38(46)42-30-28-40-36-20-8-12-24-44(36)56(50(40)52(42)58)34-17-5-2-6-18-34/h1-7,9-19,21-32H,8,20H2. The maximum Gasteiger partial charge on any atom is 0.143 e. The first-order valence-corrected chi connectivity index (χ1v) is 20.0. The lowest BCUT2D eigenvalue weighted by Crippen LogP contribution is -2.05. The summed E-state index contributed by atoms with van der Waals surface area (Å²) < 4.78 is 9.61. The molecule has 6 heteroatoms. The maximum absolute atomic E-state index is 5.12. The van der Waals surface area contributed by atoms with E-state index in [1.54, 1.807) is 6.33 Å². The van der Waals surface area contributed by atoms with Crippen LogP contribution in [0.15, 0.2) is 176 Å². The average Bonchev–Trinajstić information content (AvgIpc) is 4.02. The Kier molecular flexibility index (Phi) is 6.46. The molecule has 0 fully saturated rings. The van der Waals surface area contributed by atoms with E-state index in [1.165, 1.54) is 60.0 Å². The topological polar surface area (TPSA) is 45.5 Å². The van der Waals surface area contributed by atoms with Gasteiger partial charge in [0.1, 0.15) is 18.0 Å². The Labute approximate surface area is 332 Å². The molecule has 5 heterocycles. The van der Waals surface area contributed by atoms with Crippen molar-refractivity contribution in [1.82, 2.24) is 28.2 Å². The highest BCUT2D eigenvalue weighted by molar-refractivity contribution is 6.24. The molecular weight excluding hydrogens is 709 g/mol. The highest BCUT2D eigenvalue weighted by Gasteiger charge is 2.26. The number of aromatic nitrogens is 6. The van der Waals surface area contributed by atoms with Gasteiger partial charge in [-0.15, -0.1) is 0 Å². The third-order valence-corrected chi connectivity index (χ3v) is 12.3. The Hall–Kier alpha value is -7.70. The summed E-state index contributed by atoms with van der Waals surface area (Å²) in [5.41, 5.74) is 12.9. The first kappa shape index (κ1) is 31.5. The van der Waals surface area contributed by atoms with E-state index >= 15 is 0 Å². The SMILES string of the molecule is C1=Cc2c(c3ccc4c5ccccc5n(-c5cc(-n6c7ccccc7c7ccc8c9ccccc9n(-c9ccccc9)c8c76)ncn5)c4c3n2-c2ccccc2)CC1. The number of rotatable bonds is 4. The van der Waals surface area contributed by atoms with Crippen LogP contribution in [0.3, 0.4) is 0 Å². The molecule has 0 amide bonds. The molecule has 0 spiro atoms. The minimum absolute atomic E-state index is 0.812. The minimum atomic E-state index is 0.812. The highest BCUT2D eigenvalue weighted by Crippen LogP contribution is 2.44. The van der Waals surface area contributed by atoms with Crippen LogP contribution >= 0.6 is 0 Å². The molecular formula is C52H34N6. The van der Waals surface area contributed by atoms with Crippen molar-refractivity contribution in [3.8, 4) is 23.0 Å². The number of nitrogens with zero attached hydrogens (tertiary/aromatic N) is 6. The van der Waals surface area contributed by atoms with E-state index in [9.17, 15) is 0 Å². The van der Waals surface area contributed by atoms with Crippen molar-refractivity contribution in [1.29, 1.82) is 0 Å². The largest absolute Gasteiger partial charge is 0.308 e. The molecule has 272 valence electrons. The molecule has 0 atom stereocenters. The Morgan fingerprint density at radius 2 is 0.810 bits per heavy atom. The molecule has 0 bridgehead atoms. The van der Waals surface area contributed by atoms with Crippen molar-refractivity contribution in [3.63, 3.8) is 0 Å². The van der Waals surface area contributed by atoms with Gasteiger partial charge in [-0.3, -0.25) is 9.13 Å². The average molecular weight is 743 g/mol. The minimum Gasteiger partial charge on any atom is -0.308 e. The first-order valence-electron chi connectivity index (χ1n) is 20.0. The highest BCUT2D eigenvalue weighted by atomic mass is 15.1. The molecule has 0 aliphatic heterocycles. The van der Waals surface area contributed by atoms with Gasteiger partial charge in [-0.25, -0.2) is 9.97 Å².